The molecule has 0 saturated carbocycles. The third-order valence-electron chi connectivity index (χ3n) is 4.99. The molecule has 1 aromatic carbocycles. The summed E-state index contributed by atoms with van der Waals surface area (Å²) in [4.78, 5) is 21.2. The lowest BCUT2D eigenvalue weighted by Gasteiger charge is -2.32. The maximum Gasteiger partial charge on any atom is 0.258 e. The Morgan fingerprint density at radius 1 is 1.14 bits per heavy atom. The first-order valence-corrected chi connectivity index (χ1v) is 10.0. The Hall–Kier alpha value is -3.11. The number of hydrogen-bond donors (Lipinski definition) is 1. The highest BCUT2D eigenvalue weighted by atomic mass is 32.1. The number of thiazole rings is 1. The number of anilines is 1. The second kappa shape index (κ2) is 7.13. The molecule has 0 radical (unpaired) electrons. The van der Waals surface area contributed by atoms with Crippen molar-refractivity contribution in [2.45, 2.75) is 6.54 Å². The van der Waals surface area contributed by atoms with Crippen LogP contribution in [0.1, 0.15) is 5.69 Å². The van der Waals surface area contributed by atoms with E-state index in [0.29, 0.717) is 0 Å². The molecule has 4 heterocycles. The number of hydrogen-bond acceptors (Lipinski definition) is 7. The molecule has 10 heteroatoms. The predicted octanol–water partition coefficient (Wildman–Crippen LogP) is -0.363. The van der Waals surface area contributed by atoms with Gasteiger partial charge in [0.1, 0.15) is 12.2 Å². The SMILES string of the molecule is O=c1cc(C[NH+]2CCN(c3nnnn3-c3ccccc3)CC2)nc2sccn12. The van der Waals surface area contributed by atoms with E-state index in [1.54, 1.807) is 21.3 Å². The number of fused-ring (bicyclic) bond motifs is 1. The number of benzene rings is 1. The van der Waals surface area contributed by atoms with Gasteiger partial charge in [0, 0.05) is 17.6 Å². The Morgan fingerprint density at radius 2 is 1.96 bits per heavy atom. The van der Waals surface area contributed by atoms with Crippen molar-refractivity contribution in [1.29, 1.82) is 0 Å². The summed E-state index contributed by atoms with van der Waals surface area (Å²) in [7, 11) is 0. The van der Waals surface area contributed by atoms with E-state index in [2.05, 4.69) is 25.4 Å². The zero-order chi connectivity index (χ0) is 18.9. The summed E-state index contributed by atoms with van der Waals surface area (Å²) in [5.41, 5.74) is 1.79. The summed E-state index contributed by atoms with van der Waals surface area (Å²) in [6.45, 7) is 4.33. The second-order valence-electron chi connectivity index (χ2n) is 6.78. The van der Waals surface area contributed by atoms with E-state index in [-0.39, 0.29) is 5.56 Å². The molecule has 4 aromatic rings. The van der Waals surface area contributed by atoms with E-state index in [0.717, 1.165) is 55.0 Å². The molecule has 1 N–H and O–H groups in total. The molecule has 28 heavy (non-hydrogen) atoms. The van der Waals surface area contributed by atoms with Gasteiger partial charge in [-0.05, 0) is 22.6 Å². The minimum atomic E-state index is -0.0127. The number of tetrazole rings is 1. The minimum absolute atomic E-state index is 0.0127. The van der Waals surface area contributed by atoms with Crippen LogP contribution in [0.4, 0.5) is 5.95 Å². The Bertz CT molecular complexity index is 1140. The average Bonchev–Trinajstić information content (AvgIpc) is 3.39. The van der Waals surface area contributed by atoms with Crippen LogP contribution in [0.3, 0.4) is 0 Å². The number of rotatable bonds is 4. The van der Waals surface area contributed by atoms with Gasteiger partial charge in [0.15, 0.2) is 4.96 Å². The summed E-state index contributed by atoms with van der Waals surface area (Å²) in [5.74, 6) is 0.765. The van der Waals surface area contributed by atoms with Crippen LogP contribution in [0.15, 0.2) is 52.8 Å². The molecule has 1 aliphatic heterocycles. The smallest absolute Gasteiger partial charge is 0.258 e. The molecule has 0 aliphatic carbocycles. The molecule has 5 rings (SSSR count). The Morgan fingerprint density at radius 3 is 2.79 bits per heavy atom. The molecule has 0 atom stereocenters. The lowest BCUT2D eigenvalue weighted by Crippen LogP contribution is -3.13. The molecular formula is C18H19N8OS+. The molecule has 0 unspecified atom stereocenters. The highest BCUT2D eigenvalue weighted by Crippen LogP contribution is 2.15. The fourth-order valence-electron chi connectivity index (χ4n) is 3.55. The average molecular weight is 395 g/mol. The van der Waals surface area contributed by atoms with E-state index in [1.165, 1.54) is 16.2 Å². The van der Waals surface area contributed by atoms with Gasteiger partial charge in [-0.1, -0.05) is 23.3 Å². The van der Waals surface area contributed by atoms with Crippen LogP contribution in [0.25, 0.3) is 10.6 Å². The van der Waals surface area contributed by atoms with Crippen molar-refractivity contribution in [3.8, 4) is 5.69 Å². The standard InChI is InChI=1S/C18H18N8OS/c27-16-12-14(19-18-25(16)10-11-28-18)13-23-6-8-24(9-7-23)17-20-21-22-26(17)15-4-2-1-3-5-15/h1-5,10-12H,6-9,13H2/p+1. The van der Waals surface area contributed by atoms with E-state index < -0.39 is 0 Å². The fraction of sp³-hybridized carbons (Fsp3) is 0.278. The van der Waals surface area contributed by atoms with Crippen LogP contribution in [0, 0.1) is 0 Å². The van der Waals surface area contributed by atoms with Crippen molar-refractivity contribution in [2.24, 2.45) is 0 Å². The molecule has 3 aromatic heterocycles. The van der Waals surface area contributed by atoms with Gasteiger partial charge in [0.2, 0.25) is 0 Å². The molecule has 1 aliphatic rings. The fourth-order valence-corrected chi connectivity index (χ4v) is 4.29. The van der Waals surface area contributed by atoms with Gasteiger partial charge in [-0.25, -0.2) is 4.98 Å². The normalized spacial score (nSPS) is 15.4. The topological polar surface area (TPSA) is 85.6 Å². The molecule has 142 valence electrons. The van der Waals surface area contributed by atoms with Crippen molar-refractivity contribution in [3.63, 3.8) is 0 Å². The predicted molar refractivity (Wildman–Crippen MR) is 105 cm³/mol. The summed E-state index contributed by atoms with van der Waals surface area (Å²) < 4.78 is 3.36. The molecule has 0 spiro atoms. The van der Waals surface area contributed by atoms with E-state index in [4.69, 9.17) is 0 Å². The zero-order valence-electron chi connectivity index (χ0n) is 15.1. The number of piperazine rings is 1. The Labute approximate surface area is 164 Å². The van der Waals surface area contributed by atoms with Crippen LogP contribution in [-0.4, -0.2) is 55.8 Å². The molecule has 1 fully saturated rings. The van der Waals surface area contributed by atoms with E-state index in [1.807, 2.05) is 35.7 Å². The van der Waals surface area contributed by atoms with Crippen LogP contribution < -0.4 is 15.4 Å². The van der Waals surface area contributed by atoms with Crippen LogP contribution in [-0.2, 0) is 6.54 Å². The highest BCUT2D eigenvalue weighted by molar-refractivity contribution is 7.15. The van der Waals surface area contributed by atoms with Gasteiger partial charge in [0.05, 0.1) is 31.9 Å². The number of para-hydroxylation sites is 1. The third-order valence-corrected chi connectivity index (χ3v) is 5.75. The summed E-state index contributed by atoms with van der Waals surface area (Å²) in [6.07, 6.45) is 1.77. The highest BCUT2D eigenvalue weighted by Gasteiger charge is 2.25. The molecular weight excluding hydrogens is 376 g/mol. The van der Waals surface area contributed by atoms with Crippen molar-refractivity contribution in [2.75, 3.05) is 31.1 Å². The van der Waals surface area contributed by atoms with Crippen LogP contribution >= 0.6 is 11.3 Å². The van der Waals surface area contributed by atoms with Crippen molar-refractivity contribution in [3.05, 3.63) is 64.0 Å². The Kier molecular flexibility index (Phi) is 4.34. The van der Waals surface area contributed by atoms with Gasteiger partial charge in [-0.15, -0.1) is 11.3 Å². The number of aromatic nitrogens is 6. The number of nitrogens with zero attached hydrogens (tertiary/aromatic N) is 7. The maximum absolute atomic E-state index is 12.2. The van der Waals surface area contributed by atoms with E-state index in [9.17, 15) is 4.79 Å². The number of nitrogens with one attached hydrogen (secondary N) is 1. The largest absolute Gasteiger partial charge is 0.328 e. The van der Waals surface area contributed by atoms with Crippen LogP contribution in [0.5, 0.6) is 0 Å². The van der Waals surface area contributed by atoms with E-state index >= 15 is 0 Å². The second-order valence-corrected chi connectivity index (χ2v) is 7.65. The molecule has 0 amide bonds. The first-order valence-electron chi connectivity index (χ1n) is 9.16. The van der Waals surface area contributed by atoms with Crippen molar-refractivity contribution < 1.29 is 4.90 Å². The lowest BCUT2D eigenvalue weighted by atomic mass is 10.3. The number of quaternary nitrogens is 1. The maximum atomic E-state index is 12.2. The van der Waals surface area contributed by atoms with Crippen LogP contribution in [0.2, 0.25) is 0 Å². The quantitative estimate of drug-likeness (QED) is 0.508. The zero-order valence-corrected chi connectivity index (χ0v) is 15.9. The molecule has 0 bridgehead atoms. The third kappa shape index (κ3) is 3.16. The van der Waals surface area contributed by atoms with Gasteiger partial charge < -0.3 is 9.80 Å². The monoisotopic (exact) mass is 395 g/mol. The van der Waals surface area contributed by atoms with Gasteiger partial charge >= 0.3 is 0 Å². The first-order chi connectivity index (χ1) is 13.8. The minimum Gasteiger partial charge on any atom is -0.328 e. The van der Waals surface area contributed by atoms with Crippen molar-refractivity contribution in [1.82, 2.24) is 29.6 Å². The molecule has 1 saturated heterocycles. The van der Waals surface area contributed by atoms with Gasteiger partial charge in [0.25, 0.3) is 11.5 Å². The van der Waals surface area contributed by atoms with Crippen molar-refractivity contribution >= 4 is 22.2 Å². The summed E-state index contributed by atoms with van der Waals surface area (Å²) in [6, 6.07) is 11.6. The summed E-state index contributed by atoms with van der Waals surface area (Å²) in [5, 5.41) is 14.1. The Balaban J connectivity index is 1.28. The first kappa shape index (κ1) is 17.0. The summed E-state index contributed by atoms with van der Waals surface area (Å²) >= 11 is 1.49. The van der Waals surface area contributed by atoms with Gasteiger partial charge in [-0.2, -0.15) is 4.68 Å². The molecule has 9 nitrogen and oxygen atoms in total. The van der Waals surface area contributed by atoms with Gasteiger partial charge in [-0.3, -0.25) is 9.20 Å². The lowest BCUT2D eigenvalue weighted by molar-refractivity contribution is -0.914.